The third-order valence-electron chi connectivity index (χ3n) is 3.39. The fourth-order valence-electron chi connectivity index (χ4n) is 1.97. The molecule has 0 aromatic carbocycles. The monoisotopic (exact) mass is 243 g/mol. The van der Waals surface area contributed by atoms with Crippen molar-refractivity contribution < 1.29 is 8.42 Å². The SMILES string of the molecule is CC1CCN(S(=O)(=O)c2ccn[nH]2)CC1C. The van der Waals surface area contributed by atoms with Crippen LogP contribution < -0.4 is 0 Å². The van der Waals surface area contributed by atoms with Crippen LogP contribution in [-0.4, -0.2) is 36.0 Å². The molecular formula is C10H17N3O2S. The molecule has 1 aromatic heterocycles. The van der Waals surface area contributed by atoms with Crippen molar-refractivity contribution in [1.29, 1.82) is 0 Å². The van der Waals surface area contributed by atoms with Gasteiger partial charge in [-0.1, -0.05) is 13.8 Å². The summed E-state index contributed by atoms with van der Waals surface area (Å²) in [5.74, 6) is 1.000. The number of aromatic amines is 1. The lowest BCUT2D eigenvalue weighted by Gasteiger charge is -2.33. The minimum Gasteiger partial charge on any atom is -0.266 e. The van der Waals surface area contributed by atoms with Crippen molar-refractivity contribution in [3.05, 3.63) is 12.3 Å². The smallest absolute Gasteiger partial charge is 0.259 e. The summed E-state index contributed by atoms with van der Waals surface area (Å²) >= 11 is 0. The number of nitrogens with one attached hydrogen (secondary N) is 1. The van der Waals surface area contributed by atoms with Gasteiger partial charge in [-0.3, -0.25) is 5.10 Å². The average molecular weight is 243 g/mol. The van der Waals surface area contributed by atoms with E-state index >= 15 is 0 Å². The van der Waals surface area contributed by atoms with Gasteiger partial charge in [0.05, 0.1) is 6.20 Å². The molecule has 0 aliphatic carbocycles. The molecule has 16 heavy (non-hydrogen) atoms. The summed E-state index contributed by atoms with van der Waals surface area (Å²) in [7, 11) is -3.36. The lowest BCUT2D eigenvalue weighted by molar-refractivity contribution is 0.212. The molecule has 2 atom stereocenters. The van der Waals surface area contributed by atoms with Gasteiger partial charge in [-0.15, -0.1) is 0 Å². The van der Waals surface area contributed by atoms with Gasteiger partial charge in [0.1, 0.15) is 0 Å². The van der Waals surface area contributed by atoms with Crippen molar-refractivity contribution in [2.75, 3.05) is 13.1 Å². The molecule has 0 radical (unpaired) electrons. The second kappa shape index (κ2) is 4.18. The maximum atomic E-state index is 12.2. The summed E-state index contributed by atoms with van der Waals surface area (Å²) < 4.78 is 25.9. The predicted molar refractivity (Wildman–Crippen MR) is 60.3 cm³/mol. The van der Waals surface area contributed by atoms with Crippen LogP contribution in [0.3, 0.4) is 0 Å². The Labute approximate surface area is 95.9 Å². The minimum atomic E-state index is -3.36. The van der Waals surface area contributed by atoms with Crippen LogP contribution in [0, 0.1) is 11.8 Å². The zero-order chi connectivity index (χ0) is 11.8. The van der Waals surface area contributed by atoms with Gasteiger partial charge < -0.3 is 0 Å². The summed E-state index contributed by atoms with van der Waals surface area (Å²) in [6.45, 7) is 5.47. The first-order valence-electron chi connectivity index (χ1n) is 5.51. The molecule has 5 nitrogen and oxygen atoms in total. The maximum Gasteiger partial charge on any atom is 0.259 e. The standard InChI is InChI=1S/C10H17N3O2S/c1-8-4-6-13(7-9(8)2)16(14,15)10-3-5-11-12-10/h3,5,8-9H,4,6-7H2,1-2H3,(H,11,12). The number of piperidine rings is 1. The highest BCUT2D eigenvalue weighted by Crippen LogP contribution is 2.26. The van der Waals surface area contributed by atoms with Crippen molar-refractivity contribution in [3.63, 3.8) is 0 Å². The summed E-state index contributed by atoms with van der Waals surface area (Å²) in [5.41, 5.74) is 0. The quantitative estimate of drug-likeness (QED) is 0.845. The number of sulfonamides is 1. The van der Waals surface area contributed by atoms with Crippen LogP contribution in [0.25, 0.3) is 0 Å². The van der Waals surface area contributed by atoms with E-state index in [1.54, 1.807) is 4.31 Å². The van der Waals surface area contributed by atoms with Gasteiger partial charge in [-0.25, -0.2) is 8.42 Å². The second-order valence-corrected chi connectivity index (χ2v) is 6.43. The van der Waals surface area contributed by atoms with Crippen LogP contribution in [0.15, 0.2) is 17.3 Å². The Kier molecular flexibility index (Phi) is 3.03. The van der Waals surface area contributed by atoms with Crippen molar-refractivity contribution in [3.8, 4) is 0 Å². The summed E-state index contributed by atoms with van der Waals surface area (Å²) in [5, 5.41) is 6.40. The molecule has 1 N–H and O–H groups in total. The number of hydrogen-bond donors (Lipinski definition) is 1. The molecule has 0 spiro atoms. The zero-order valence-corrected chi connectivity index (χ0v) is 10.4. The molecule has 1 aliphatic rings. The van der Waals surface area contributed by atoms with E-state index in [2.05, 4.69) is 24.0 Å². The highest BCUT2D eigenvalue weighted by molar-refractivity contribution is 7.89. The first kappa shape index (κ1) is 11.6. The molecule has 1 aromatic rings. The van der Waals surface area contributed by atoms with Gasteiger partial charge in [-0.2, -0.15) is 9.40 Å². The largest absolute Gasteiger partial charge is 0.266 e. The molecule has 0 bridgehead atoms. The Morgan fingerprint density at radius 2 is 2.19 bits per heavy atom. The minimum absolute atomic E-state index is 0.189. The van der Waals surface area contributed by atoms with Crippen LogP contribution >= 0.6 is 0 Å². The third-order valence-corrected chi connectivity index (χ3v) is 5.18. The van der Waals surface area contributed by atoms with Crippen molar-refractivity contribution in [2.45, 2.75) is 25.3 Å². The predicted octanol–water partition coefficient (Wildman–Crippen LogP) is 1.08. The second-order valence-electron chi connectivity index (χ2n) is 4.53. The molecule has 90 valence electrons. The Morgan fingerprint density at radius 1 is 1.44 bits per heavy atom. The van der Waals surface area contributed by atoms with Gasteiger partial charge in [0.25, 0.3) is 10.0 Å². The number of nitrogens with zero attached hydrogens (tertiary/aromatic N) is 2. The highest BCUT2D eigenvalue weighted by Gasteiger charge is 2.32. The van der Waals surface area contributed by atoms with Gasteiger partial charge in [0, 0.05) is 13.1 Å². The lowest BCUT2D eigenvalue weighted by Crippen LogP contribution is -2.42. The topological polar surface area (TPSA) is 66.1 Å². The van der Waals surface area contributed by atoms with Crippen LogP contribution in [0.5, 0.6) is 0 Å². The first-order valence-corrected chi connectivity index (χ1v) is 6.95. The van der Waals surface area contributed by atoms with Gasteiger partial charge in [-0.05, 0) is 24.3 Å². The van der Waals surface area contributed by atoms with Crippen LogP contribution in [0.2, 0.25) is 0 Å². The Hall–Kier alpha value is -0.880. The summed E-state index contributed by atoms with van der Waals surface area (Å²) in [4.78, 5) is 0. The van der Waals surface area contributed by atoms with E-state index in [-0.39, 0.29) is 5.03 Å². The molecule has 2 unspecified atom stereocenters. The first-order chi connectivity index (χ1) is 7.51. The molecule has 6 heteroatoms. The van der Waals surface area contributed by atoms with Gasteiger partial charge >= 0.3 is 0 Å². The van der Waals surface area contributed by atoms with Gasteiger partial charge in [0.15, 0.2) is 5.03 Å². The van der Waals surface area contributed by atoms with E-state index in [1.165, 1.54) is 12.3 Å². The van der Waals surface area contributed by atoms with E-state index in [0.717, 1.165) is 6.42 Å². The molecule has 2 heterocycles. The van der Waals surface area contributed by atoms with E-state index in [0.29, 0.717) is 24.9 Å². The van der Waals surface area contributed by atoms with Gasteiger partial charge in [0.2, 0.25) is 0 Å². The van der Waals surface area contributed by atoms with E-state index < -0.39 is 10.0 Å². The number of H-pyrrole nitrogens is 1. The molecule has 0 saturated carbocycles. The Bertz CT molecular complexity index is 441. The van der Waals surface area contributed by atoms with E-state index in [1.807, 2.05) is 0 Å². The Morgan fingerprint density at radius 3 is 2.75 bits per heavy atom. The van der Waals surface area contributed by atoms with Crippen molar-refractivity contribution >= 4 is 10.0 Å². The van der Waals surface area contributed by atoms with Crippen LogP contribution in [0.4, 0.5) is 0 Å². The molecule has 0 amide bonds. The van der Waals surface area contributed by atoms with Crippen molar-refractivity contribution in [1.82, 2.24) is 14.5 Å². The normalized spacial score (nSPS) is 28.1. The van der Waals surface area contributed by atoms with Crippen molar-refractivity contribution in [2.24, 2.45) is 11.8 Å². The molecule has 1 fully saturated rings. The van der Waals surface area contributed by atoms with E-state index in [9.17, 15) is 8.42 Å². The fourth-order valence-corrected chi connectivity index (χ4v) is 3.42. The molecular weight excluding hydrogens is 226 g/mol. The lowest BCUT2D eigenvalue weighted by atomic mass is 9.90. The average Bonchev–Trinajstić information content (AvgIpc) is 2.75. The number of hydrogen-bond acceptors (Lipinski definition) is 3. The third kappa shape index (κ3) is 1.99. The summed E-state index contributed by atoms with van der Waals surface area (Å²) in [6, 6.07) is 1.50. The Balaban J connectivity index is 2.20. The maximum absolute atomic E-state index is 12.2. The number of rotatable bonds is 2. The fraction of sp³-hybridized carbons (Fsp3) is 0.700. The van der Waals surface area contributed by atoms with Crippen LogP contribution in [-0.2, 0) is 10.0 Å². The number of aromatic nitrogens is 2. The van der Waals surface area contributed by atoms with E-state index in [4.69, 9.17) is 0 Å². The summed E-state index contributed by atoms with van der Waals surface area (Å²) in [6.07, 6.45) is 2.39. The molecule has 1 saturated heterocycles. The molecule has 2 rings (SSSR count). The molecule has 1 aliphatic heterocycles. The highest BCUT2D eigenvalue weighted by atomic mass is 32.2. The van der Waals surface area contributed by atoms with Crippen LogP contribution in [0.1, 0.15) is 20.3 Å². The zero-order valence-electron chi connectivity index (χ0n) is 9.55.